The van der Waals surface area contributed by atoms with E-state index in [1.54, 1.807) is 13.3 Å². The molecule has 0 aliphatic carbocycles. The molecule has 2 rings (SSSR count). The minimum atomic E-state index is 0.0481. The summed E-state index contributed by atoms with van der Waals surface area (Å²) < 4.78 is 6.34. The van der Waals surface area contributed by atoms with Gasteiger partial charge in [0.2, 0.25) is 0 Å². The van der Waals surface area contributed by atoms with Gasteiger partial charge in [0.25, 0.3) is 0 Å². The number of aromatic nitrogens is 2. The van der Waals surface area contributed by atoms with Gasteiger partial charge in [-0.05, 0) is 24.6 Å². The lowest BCUT2D eigenvalue weighted by Crippen LogP contribution is -2.04. The van der Waals surface area contributed by atoms with Crippen molar-refractivity contribution in [3.63, 3.8) is 0 Å². The van der Waals surface area contributed by atoms with Crippen molar-refractivity contribution in [3.8, 4) is 17.0 Å². The third kappa shape index (κ3) is 2.98. The van der Waals surface area contributed by atoms with Crippen LogP contribution in [0.2, 0.25) is 0 Å². The fourth-order valence-corrected chi connectivity index (χ4v) is 2.34. The summed E-state index contributed by atoms with van der Waals surface area (Å²) in [5, 5.41) is 9.31. The molecule has 0 saturated carbocycles. The van der Waals surface area contributed by atoms with E-state index < -0.39 is 0 Å². The summed E-state index contributed by atoms with van der Waals surface area (Å²) in [6, 6.07) is 5.82. The summed E-state index contributed by atoms with van der Waals surface area (Å²) in [6.07, 6.45) is 2.62. The molecule has 0 saturated heterocycles. The molecule has 0 fully saturated rings. The second-order valence-corrected chi connectivity index (χ2v) is 5.23. The standard InChI is InChI=1S/C14H17BrN2O2/c1-3-9(8-18)14-16-7-12(17-14)11-6-10(15)4-5-13(11)19-2/h4-7,9,18H,3,8H2,1-2H3,(H,16,17). The Bertz CT molecular complexity index is 550. The van der Waals surface area contributed by atoms with Crippen LogP contribution in [-0.4, -0.2) is 28.8 Å². The van der Waals surface area contributed by atoms with Crippen molar-refractivity contribution in [1.29, 1.82) is 0 Å². The molecular weight excluding hydrogens is 308 g/mol. The average Bonchev–Trinajstić information content (AvgIpc) is 2.89. The van der Waals surface area contributed by atoms with Crippen molar-refractivity contribution in [2.75, 3.05) is 13.7 Å². The van der Waals surface area contributed by atoms with Crippen molar-refractivity contribution in [2.45, 2.75) is 19.3 Å². The van der Waals surface area contributed by atoms with Crippen LogP contribution in [0, 0.1) is 0 Å². The van der Waals surface area contributed by atoms with Crippen LogP contribution in [-0.2, 0) is 0 Å². The molecule has 19 heavy (non-hydrogen) atoms. The second-order valence-electron chi connectivity index (χ2n) is 4.31. The van der Waals surface area contributed by atoms with Crippen LogP contribution >= 0.6 is 15.9 Å². The van der Waals surface area contributed by atoms with E-state index in [0.717, 1.165) is 33.7 Å². The Kier molecular flexibility index (Phi) is 4.61. The molecule has 1 atom stereocenters. The molecule has 102 valence electrons. The molecular formula is C14H17BrN2O2. The largest absolute Gasteiger partial charge is 0.496 e. The molecule has 0 amide bonds. The van der Waals surface area contributed by atoms with Gasteiger partial charge in [-0.15, -0.1) is 0 Å². The highest BCUT2D eigenvalue weighted by Crippen LogP contribution is 2.32. The van der Waals surface area contributed by atoms with Gasteiger partial charge in [0.1, 0.15) is 11.6 Å². The minimum Gasteiger partial charge on any atom is -0.496 e. The van der Waals surface area contributed by atoms with Gasteiger partial charge >= 0.3 is 0 Å². The number of methoxy groups -OCH3 is 1. The minimum absolute atomic E-state index is 0.0481. The topological polar surface area (TPSA) is 58.1 Å². The molecule has 0 bridgehead atoms. The van der Waals surface area contributed by atoms with Crippen LogP contribution < -0.4 is 4.74 Å². The quantitative estimate of drug-likeness (QED) is 0.886. The van der Waals surface area contributed by atoms with Crippen LogP contribution in [0.3, 0.4) is 0 Å². The van der Waals surface area contributed by atoms with Crippen LogP contribution in [0.15, 0.2) is 28.9 Å². The SMILES string of the molecule is CCC(CO)c1ncc(-c2cc(Br)ccc2OC)[nH]1. The third-order valence-corrected chi connectivity index (χ3v) is 3.64. The number of rotatable bonds is 5. The number of H-pyrrole nitrogens is 1. The second kappa shape index (κ2) is 6.21. The number of aliphatic hydroxyl groups is 1. The van der Waals surface area contributed by atoms with E-state index in [1.165, 1.54) is 0 Å². The average molecular weight is 325 g/mol. The van der Waals surface area contributed by atoms with Crippen molar-refractivity contribution in [3.05, 3.63) is 34.7 Å². The Balaban J connectivity index is 2.40. The first-order valence-corrected chi connectivity index (χ1v) is 6.98. The van der Waals surface area contributed by atoms with Gasteiger partial charge in [-0.1, -0.05) is 22.9 Å². The Morgan fingerprint density at radius 2 is 2.26 bits per heavy atom. The van der Waals surface area contributed by atoms with E-state index in [4.69, 9.17) is 4.74 Å². The van der Waals surface area contributed by atoms with E-state index in [0.29, 0.717) is 0 Å². The third-order valence-electron chi connectivity index (χ3n) is 3.15. The van der Waals surface area contributed by atoms with E-state index in [-0.39, 0.29) is 12.5 Å². The number of aliphatic hydroxyl groups excluding tert-OH is 1. The summed E-state index contributed by atoms with van der Waals surface area (Å²) in [5.41, 5.74) is 1.84. The van der Waals surface area contributed by atoms with E-state index in [1.807, 2.05) is 25.1 Å². The number of hydrogen-bond acceptors (Lipinski definition) is 3. The lowest BCUT2D eigenvalue weighted by atomic mass is 10.1. The zero-order valence-corrected chi connectivity index (χ0v) is 12.6. The molecule has 5 heteroatoms. The molecule has 0 radical (unpaired) electrons. The van der Waals surface area contributed by atoms with Gasteiger partial charge < -0.3 is 14.8 Å². The highest BCUT2D eigenvalue weighted by atomic mass is 79.9. The van der Waals surface area contributed by atoms with E-state index in [2.05, 4.69) is 25.9 Å². The predicted molar refractivity (Wildman–Crippen MR) is 78.4 cm³/mol. The van der Waals surface area contributed by atoms with Crippen molar-refractivity contribution in [1.82, 2.24) is 9.97 Å². The van der Waals surface area contributed by atoms with Crippen LogP contribution in [0.25, 0.3) is 11.3 Å². The first kappa shape index (κ1) is 14.1. The monoisotopic (exact) mass is 324 g/mol. The highest BCUT2D eigenvalue weighted by molar-refractivity contribution is 9.10. The van der Waals surface area contributed by atoms with Crippen molar-refractivity contribution in [2.24, 2.45) is 0 Å². The number of benzene rings is 1. The summed E-state index contributed by atoms with van der Waals surface area (Å²) in [6.45, 7) is 2.13. The Hall–Kier alpha value is -1.33. The number of halogens is 1. The summed E-state index contributed by atoms with van der Waals surface area (Å²) in [5.74, 6) is 1.64. The van der Waals surface area contributed by atoms with Crippen LogP contribution in [0.5, 0.6) is 5.75 Å². The molecule has 0 aliphatic rings. The van der Waals surface area contributed by atoms with Crippen LogP contribution in [0.1, 0.15) is 25.1 Å². The van der Waals surface area contributed by atoms with Gasteiger partial charge in [-0.25, -0.2) is 4.98 Å². The Morgan fingerprint density at radius 1 is 1.47 bits per heavy atom. The number of hydrogen-bond donors (Lipinski definition) is 2. The Labute approximate surface area is 121 Å². The number of ether oxygens (including phenoxy) is 1. The first-order chi connectivity index (χ1) is 9.19. The van der Waals surface area contributed by atoms with Crippen LogP contribution in [0.4, 0.5) is 0 Å². The maximum Gasteiger partial charge on any atom is 0.128 e. The number of nitrogens with one attached hydrogen (secondary N) is 1. The summed E-state index contributed by atoms with van der Waals surface area (Å²) >= 11 is 3.46. The molecule has 4 nitrogen and oxygen atoms in total. The summed E-state index contributed by atoms with van der Waals surface area (Å²) in [4.78, 5) is 7.61. The zero-order valence-electron chi connectivity index (χ0n) is 11.0. The lowest BCUT2D eigenvalue weighted by molar-refractivity contribution is 0.258. The molecule has 2 aromatic rings. The fourth-order valence-electron chi connectivity index (χ4n) is 1.98. The smallest absolute Gasteiger partial charge is 0.128 e. The normalized spacial score (nSPS) is 12.4. The van der Waals surface area contributed by atoms with Gasteiger partial charge in [-0.3, -0.25) is 0 Å². The highest BCUT2D eigenvalue weighted by Gasteiger charge is 2.14. The van der Waals surface area contributed by atoms with Gasteiger partial charge in [0, 0.05) is 16.0 Å². The summed E-state index contributed by atoms with van der Waals surface area (Å²) in [7, 11) is 1.65. The zero-order chi connectivity index (χ0) is 13.8. The fraction of sp³-hybridized carbons (Fsp3) is 0.357. The number of nitrogens with zero attached hydrogens (tertiary/aromatic N) is 1. The molecule has 2 N–H and O–H groups in total. The maximum atomic E-state index is 9.31. The first-order valence-electron chi connectivity index (χ1n) is 6.19. The molecule has 0 spiro atoms. The number of aromatic amines is 1. The molecule has 1 heterocycles. The lowest BCUT2D eigenvalue weighted by Gasteiger charge is -2.09. The predicted octanol–water partition coefficient (Wildman–Crippen LogP) is 3.33. The maximum absolute atomic E-state index is 9.31. The number of imidazole rings is 1. The van der Waals surface area contributed by atoms with E-state index in [9.17, 15) is 5.11 Å². The van der Waals surface area contributed by atoms with E-state index >= 15 is 0 Å². The molecule has 0 aliphatic heterocycles. The van der Waals surface area contributed by atoms with Crippen molar-refractivity contribution >= 4 is 15.9 Å². The van der Waals surface area contributed by atoms with Gasteiger partial charge in [-0.2, -0.15) is 0 Å². The van der Waals surface area contributed by atoms with Crippen molar-refractivity contribution < 1.29 is 9.84 Å². The van der Waals surface area contributed by atoms with Gasteiger partial charge in [0.15, 0.2) is 0 Å². The molecule has 1 aromatic heterocycles. The van der Waals surface area contributed by atoms with Gasteiger partial charge in [0.05, 0.1) is 25.6 Å². The molecule has 1 aromatic carbocycles. The Morgan fingerprint density at radius 3 is 2.89 bits per heavy atom. The molecule has 1 unspecified atom stereocenters.